The van der Waals surface area contributed by atoms with Crippen molar-refractivity contribution in [3.8, 4) is 0 Å². The second-order valence-electron chi connectivity index (χ2n) is 9.17. The van der Waals surface area contributed by atoms with Gasteiger partial charge in [-0.15, -0.1) is 0 Å². The van der Waals surface area contributed by atoms with Crippen LogP contribution in [0.1, 0.15) is 59.7 Å². The normalized spacial score (nSPS) is 22.2. The average molecular weight is 423 g/mol. The summed E-state index contributed by atoms with van der Waals surface area (Å²) < 4.78 is 39.3. The lowest BCUT2D eigenvalue weighted by atomic mass is 9.68. The minimum Gasteiger partial charge on any atom is -0.358 e. The van der Waals surface area contributed by atoms with E-state index in [1.165, 1.54) is 12.1 Å². The molecular weight excluding hydrogens is 403 g/mol. The van der Waals surface area contributed by atoms with Crippen LogP contribution >= 0.6 is 0 Å². The monoisotopic (exact) mass is 423 g/mol. The molecule has 0 spiro atoms. The molecule has 0 saturated carbocycles. The highest BCUT2D eigenvalue weighted by molar-refractivity contribution is 6.23. The molecule has 158 valence electrons. The van der Waals surface area contributed by atoms with Crippen LogP contribution in [0.2, 0.25) is 0 Å². The molecule has 1 atom stereocenters. The molecule has 2 aliphatic carbocycles. The molecular formula is C25H20F3NO2. The molecule has 0 bridgehead atoms. The topological polar surface area (TPSA) is 46.2 Å². The predicted molar refractivity (Wildman–Crippen MR) is 110 cm³/mol. The molecule has 1 heterocycles. The van der Waals surface area contributed by atoms with Crippen molar-refractivity contribution < 1.29 is 22.8 Å². The van der Waals surface area contributed by atoms with Crippen molar-refractivity contribution in [1.29, 1.82) is 0 Å². The summed E-state index contributed by atoms with van der Waals surface area (Å²) in [5, 5.41) is 3.36. The zero-order valence-electron chi connectivity index (χ0n) is 17.1. The summed E-state index contributed by atoms with van der Waals surface area (Å²) in [6, 6.07) is 12.0. The first-order valence-corrected chi connectivity index (χ1v) is 10.2. The Bertz CT molecular complexity index is 1200. The van der Waals surface area contributed by atoms with Gasteiger partial charge in [-0.1, -0.05) is 50.2 Å². The van der Waals surface area contributed by atoms with E-state index >= 15 is 0 Å². The van der Waals surface area contributed by atoms with Crippen molar-refractivity contribution in [3.63, 3.8) is 0 Å². The lowest BCUT2D eigenvalue weighted by Crippen LogP contribution is -2.37. The van der Waals surface area contributed by atoms with Crippen LogP contribution in [0, 0.1) is 5.41 Å². The van der Waals surface area contributed by atoms with Crippen molar-refractivity contribution in [2.45, 2.75) is 38.8 Å². The summed E-state index contributed by atoms with van der Waals surface area (Å²) in [6.45, 7) is 4.03. The number of hydrogen-bond acceptors (Lipinski definition) is 3. The van der Waals surface area contributed by atoms with E-state index in [0.717, 1.165) is 23.4 Å². The second-order valence-corrected chi connectivity index (χ2v) is 9.17. The third kappa shape index (κ3) is 3.04. The van der Waals surface area contributed by atoms with Gasteiger partial charge in [0.2, 0.25) is 0 Å². The predicted octanol–water partition coefficient (Wildman–Crippen LogP) is 5.64. The van der Waals surface area contributed by atoms with Crippen molar-refractivity contribution in [1.82, 2.24) is 5.32 Å². The fraction of sp³-hybridized carbons (Fsp3) is 0.280. The van der Waals surface area contributed by atoms with Gasteiger partial charge in [-0.05, 0) is 29.5 Å². The number of rotatable bonds is 1. The van der Waals surface area contributed by atoms with E-state index in [2.05, 4.69) is 5.32 Å². The minimum atomic E-state index is -4.45. The van der Waals surface area contributed by atoms with Crippen molar-refractivity contribution in [2.75, 3.05) is 0 Å². The highest BCUT2D eigenvalue weighted by atomic mass is 19.4. The molecule has 0 aromatic heterocycles. The number of dihydropyridines is 1. The Hall–Kier alpha value is -3.15. The lowest BCUT2D eigenvalue weighted by molar-refractivity contribution is -0.137. The minimum absolute atomic E-state index is 0.0704. The molecule has 0 unspecified atom stereocenters. The molecule has 0 radical (unpaired) electrons. The van der Waals surface area contributed by atoms with Gasteiger partial charge >= 0.3 is 6.18 Å². The van der Waals surface area contributed by atoms with Crippen LogP contribution in [0.3, 0.4) is 0 Å². The molecule has 5 rings (SSSR count). The van der Waals surface area contributed by atoms with Crippen molar-refractivity contribution in [3.05, 3.63) is 87.6 Å². The van der Waals surface area contributed by atoms with Crippen LogP contribution in [0.25, 0.3) is 5.70 Å². The molecule has 2 aromatic rings. The standard InChI is InChI=1S/C25H20F3NO2/c1-24(2)11-17-20(18(30)12-24)19(13-7-9-14(10-8-13)25(26,27)28)21-22(29-17)15-5-3-4-6-16(15)23(21)31/h3-10,19,29H,11-12H2,1-2H3/t19-/m1/s1. The fourth-order valence-electron chi connectivity index (χ4n) is 4.99. The number of Topliss-reactive ketones (excluding diaryl/α,β-unsaturated/α-hetero) is 2. The Balaban J connectivity index is 1.71. The van der Waals surface area contributed by atoms with Crippen LogP contribution in [0.15, 0.2) is 65.4 Å². The molecule has 2 aromatic carbocycles. The zero-order chi connectivity index (χ0) is 22.1. The number of hydrogen-bond donors (Lipinski definition) is 1. The van der Waals surface area contributed by atoms with Crippen LogP contribution < -0.4 is 5.32 Å². The third-order valence-corrected chi connectivity index (χ3v) is 6.30. The number of allylic oxidation sites excluding steroid dienone is 3. The highest BCUT2D eigenvalue weighted by Gasteiger charge is 2.46. The maximum Gasteiger partial charge on any atom is 0.416 e. The number of ketones is 2. The zero-order valence-corrected chi connectivity index (χ0v) is 17.1. The van der Waals surface area contributed by atoms with Gasteiger partial charge in [-0.3, -0.25) is 9.59 Å². The molecule has 1 N–H and O–H groups in total. The van der Waals surface area contributed by atoms with Gasteiger partial charge in [0.1, 0.15) is 0 Å². The summed E-state index contributed by atoms with van der Waals surface area (Å²) in [7, 11) is 0. The van der Waals surface area contributed by atoms with Crippen LogP contribution in [0.4, 0.5) is 13.2 Å². The fourth-order valence-corrected chi connectivity index (χ4v) is 4.99. The molecule has 0 fully saturated rings. The first kappa shape index (κ1) is 19.8. The maximum absolute atomic E-state index is 13.3. The molecule has 3 aliphatic rings. The number of nitrogens with one attached hydrogen (secondary N) is 1. The second kappa shape index (κ2) is 6.42. The van der Waals surface area contributed by atoms with E-state index < -0.39 is 17.7 Å². The van der Waals surface area contributed by atoms with Gasteiger partial charge in [0.25, 0.3) is 0 Å². The Morgan fingerprint density at radius 1 is 0.903 bits per heavy atom. The first-order chi connectivity index (χ1) is 14.6. The largest absolute Gasteiger partial charge is 0.416 e. The number of carbonyl (C=O) groups is 2. The summed E-state index contributed by atoms with van der Waals surface area (Å²) in [6.07, 6.45) is -3.50. The van der Waals surface area contributed by atoms with Gasteiger partial charge in [0.15, 0.2) is 11.6 Å². The quantitative estimate of drug-likeness (QED) is 0.645. The number of halogens is 3. The van der Waals surface area contributed by atoms with E-state index in [9.17, 15) is 22.8 Å². The smallest absolute Gasteiger partial charge is 0.358 e. The summed E-state index contributed by atoms with van der Waals surface area (Å²) in [5.41, 5.74) is 3.18. The molecule has 0 saturated heterocycles. The van der Waals surface area contributed by atoms with Crippen LogP contribution in [-0.4, -0.2) is 11.6 Å². The number of carbonyl (C=O) groups excluding carboxylic acids is 2. The third-order valence-electron chi connectivity index (χ3n) is 6.30. The Labute approximate surface area is 177 Å². The van der Waals surface area contributed by atoms with Crippen molar-refractivity contribution >= 4 is 17.3 Å². The van der Waals surface area contributed by atoms with Crippen LogP contribution in [-0.2, 0) is 11.0 Å². The van der Waals surface area contributed by atoms with Crippen molar-refractivity contribution in [2.24, 2.45) is 5.41 Å². The van der Waals surface area contributed by atoms with Gasteiger partial charge in [0, 0.05) is 40.3 Å². The van der Waals surface area contributed by atoms with E-state index in [1.54, 1.807) is 12.1 Å². The Kier molecular flexibility index (Phi) is 4.10. The van der Waals surface area contributed by atoms with Gasteiger partial charge < -0.3 is 5.32 Å². The lowest BCUT2D eigenvalue weighted by Gasteiger charge is -2.39. The summed E-state index contributed by atoms with van der Waals surface area (Å²) in [4.78, 5) is 26.5. The van der Waals surface area contributed by atoms with Gasteiger partial charge in [0.05, 0.1) is 11.3 Å². The number of benzene rings is 2. The van der Waals surface area contributed by atoms with Gasteiger partial charge in [-0.25, -0.2) is 0 Å². The van der Waals surface area contributed by atoms with Gasteiger partial charge in [-0.2, -0.15) is 13.2 Å². The van der Waals surface area contributed by atoms with E-state index in [0.29, 0.717) is 40.8 Å². The Morgan fingerprint density at radius 2 is 1.55 bits per heavy atom. The van der Waals surface area contributed by atoms with E-state index in [4.69, 9.17) is 0 Å². The molecule has 3 nitrogen and oxygen atoms in total. The summed E-state index contributed by atoms with van der Waals surface area (Å²) >= 11 is 0. The first-order valence-electron chi connectivity index (χ1n) is 10.2. The average Bonchev–Trinajstić information content (AvgIpc) is 2.97. The highest BCUT2D eigenvalue weighted by Crippen LogP contribution is 2.51. The van der Waals surface area contributed by atoms with E-state index in [-0.39, 0.29) is 17.0 Å². The van der Waals surface area contributed by atoms with Crippen LogP contribution in [0.5, 0.6) is 0 Å². The molecule has 1 aliphatic heterocycles. The molecule has 6 heteroatoms. The maximum atomic E-state index is 13.3. The molecule has 31 heavy (non-hydrogen) atoms. The molecule has 0 amide bonds. The number of alkyl halides is 3. The SMILES string of the molecule is CC1(C)CC(=O)C2=C(C1)NC1=C(C(=O)c3ccccc31)[C@@H]2c1ccc(C(F)(F)F)cc1. The summed E-state index contributed by atoms with van der Waals surface area (Å²) in [5.74, 6) is -0.942. The number of fused-ring (bicyclic) bond motifs is 2. The Morgan fingerprint density at radius 3 is 2.19 bits per heavy atom. The van der Waals surface area contributed by atoms with E-state index in [1.807, 2.05) is 26.0 Å².